The number of hydrogen-bond acceptors (Lipinski definition) is 4. The number of carbonyl (C=O) groups is 1. The maximum absolute atomic E-state index is 12.5. The van der Waals surface area contributed by atoms with E-state index in [1.165, 1.54) is 23.2 Å². The summed E-state index contributed by atoms with van der Waals surface area (Å²) in [4.78, 5) is 30.7. The van der Waals surface area contributed by atoms with Gasteiger partial charge in [0.1, 0.15) is 12.2 Å². The van der Waals surface area contributed by atoms with Crippen molar-refractivity contribution in [2.24, 2.45) is 0 Å². The fourth-order valence-corrected chi connectivity index (χ4v) is 2.53. The Morgan fingerprint density at radius 2 is 2.00 bits per heavy atom. The number of benzene rings is 1. The lowest BCUT2D eigenvalue weighted by Crippen LogP contribution is -2.36. The quantitative estimate of drug-likeness (QED) is 0.693. The molecule has 0 spiro atoms. The van der Waals surface area contributed by atoms with Gasteiger partial charge in [-0.05, 0) is 24.6 Å². The average Bonchev–Trinajstić information content (AvgIpc) is 3.17. The van der Waals surface area contributed by atoms with Crippen LogP contribution in [0.2, 0.25) is 0 Å². The van der Waals surface area contributed by atoms with Gasteiger partial charge in [-0.2, -0.15) is 0 Å². The molecule has 1 amide bonds. The number of amides is 1. The Morgan fingerprint density at radius 3 is 2.64 bits per heavy atom. The molecule has 0 aliphatic rings. The summed E-state index contributed by atoms with van der Waals surface area (Å²) >= 11 is 0. The monoisotopic (exact) mass is 337 g/mol. The van der Waals surface area contributed by atoms with Gasteiger partial charge in [0.05, 0.1) is 12.6 Å². The minimum absolute atomic E-state index is 0.0368. The Balaban J connectivity index is 1.72. The van der Waals surface area contributed by atoms with Crippen molar-refractivity contribution in [3.8, 4) is 11.5 Å². The van der Waals surface area contributed by atoms with Gasteiger partial charge >= 0.3 is 0 Å². The molecule has 0 aliphatic heterocycles. The molecule has 0 saturated heterocycles. The number of rotatable bonds is 6. The van der Waals surface area contributed by atoms with Crippen LogP contribution in [0.3, 0.4) is 0 Å². The van der Waals surface area contributed by atoms with Crippen molar-refractivity contribution < 1.29 is 9.21 Å². The molecule has 25 heavy (non-hydrogen) atoms. The highest BCUT2D eigenvalue weighted by molar-refractivity contribution is 5.76. The van der Waals surface area contributed by atoms with Crippen molar-refractivity contribution in [2.45, 2.75) is 20.0 Å². The highest BCUT2D eigenvalue weighted by Gasteiger charge is 2.14. The van der Waals surface area contributed by atoms with Crippen LogP contribution in [0.4, 0.5) is 0 Å². The number of likely N-dealkylation sites (N-methyl/N-ethyl adjacent to an activating group) is 1. The van der Waals surface area contributed by atoms with Crippen molar-refractivity contribution in [1.82, 2.24) is 14.5 Å². The molecule has 0 fully saturated rings. The highest BCUT2D eigenvalue weighted by atomic mass is 16.3. The van der Waals surface area contributed by atoms with Gasteiger partial charge in [0.25, 0.3) is 5.56 Å². The predicted molar refractivity (Wildman–Crippen MR) is 93.7 cm³/mol. The second-order valence-corrected chi connectivity index (χ2v) is 5.61. The molecule has 3 rings (SSSR count). The molecule has 6 nitrogen and oxygen atoms in total. The van der Waals surface area contributed by atoms with Gasteiger partial charge in [-0.25, -0.2) is 4.98 Å². The van der Waals surface area contributed by atoms with Crippen molar-refractivity contribution >= 4 is 5.91 Å². The van der Waals surface area contributed by atoms with E-state index in [1.807, 2.05) is 37.3 Å². The molecule has 128 valence electrons. The SMILES string of the molecule is CCN(Cc1ccccc1)C(=O)Cn1cnc(-c2ccco2)cc1=O. The van der Waals surface area contributed by atoms with Crippen LogP contribution < -0.4 is 5.56 Å². The fraction of sp³-hybridized carbons (Fsp3) is 0.211. The summed E-state index contributed by atoms with van der Waals surface area (Å²) in [6.45, 7) is 2.97. The van der Waals surface area contributed by atoms with E-state index in [9.17, 15) is 9.59 Å². The number of hydrogen-bond donors (Lipinski definition) is 0. The lowest BCUT2D eigenvalue weighted by atomic mass is 10.2. The molecule has 0 bridgehead atoms. The van der Waals surface area contributed by atoms with Crippen LogP contribution in [0.5, 0.6) is 0 Å². The first-order valence-electron chi connectivity index (χ1n) is 8.09. The Morgan fingerprint density at radius 1 is 1.20 bits per heavy atom. The van der Waals surface area contributed by atoms with E-state index in [4.69, 9.17) is 4.42 Å². The first-order chi connectivity index (χ1) is 12.2. The van der Waals surface area contributed by atoms with Gasteiger partial charge < -0.3 is 9.32 Å². The summed E-state index contributed by atoms with van der Waals surface area (Å²) in [6, 6.07) is 14.6. The summed E-state index contributed by atoms with van der Waals surface area (Å²) in [6.07, 6.45) is 2.91. The zero-order valence-electron chi connectivity index (χ0n) is 14.0. The molecule has 0 radical (unpaired) electrons. The molecule has 1 aromatic carbocycles. The molecule has 3 aromatic rings. The van der Waals surface area contributed by atoms with E-state index in [1.54, 1.807) is 17.0 Å². The van der Waals surface area contributed by atoms with Crippen LogP contribution in [0, 0.1) is 0 Å². The largest absolute Gasteiger partial charge is 0.463 e. The maximum Gasteiger partial charge on any atom is 0.254 e. The fourth-order valence-electron chi connectivity index (χ4n) is 2.53. The van der Waals surface area contributed by atoms with Gasteiger partial charge in [0.2, 0.25) is 5.91 Å². The zero-order chi connectivity index (χ0) is 17.6. The maximum atomic E-state index is 12.5. The second-order valence-electron chi connectivity index (χ2n) is 5.61. The Bertz CT molecular complexity index is 886. The Hall–Kier alpha value is -3.15. The van der Waals surface area contributed by atoms with Crippen LogP contribution in [0.15, 0.2) is 70.3 Å². The molecule has 0 unspecified atom stereocenters. The van der Waals surface area contributed by atoms with Crippen LogP contribution in [-0.4, -0.2) is 26.9 Å². The van der Waals surface area contributed by atoms with Crippen molar-refractivity contribution in [1.29, 1.82) is 0 Å². The van der Waals surface area contributed by atoms with E-state index in [0.29, 0.717) is 24.5 Å². The highest BCUT2D eigenvalue weighted by Crippen LogP contribution is 2.14. The van der Waals surface area contributed by atoms with Gasteiger partial charge in [-0.3, -0.25) is 14.2 Å². The molecule has 2 aromatic heterocycles. The van der Waals surface area contributed by atoms with E-state index in [-0.39, 0.29) is 18.0 Å². The standard InChI is InChI=1S/C19H19N3O3/c1-2-21(12-15-7-4-3-5-8-15)19(24)13-22-14-20-16(11-18(22)23)17-9-6-10-25-17/h3-11,14H,2,12-13H2,1H3. The molecule has 0 aliphatic carbocycles. The number of carbonyl (C=O) groups excluding carboxylic acids is 1. The summed E-state index contributed by atoms with van der Waals surface area (Å²) in [5.74, 6) is 0.399. The normalized spacial score (nSPS) is 10.6. The molecular formula is C19H19N3O3. The first kappa shape index (κ1) is 16.7. The molecule has 0 N–H and O–H groups in total. The van der Waals surface area contributed by atoms with Crippen molar-refractivity contribution in [3.05, 3.63) is 77.0 Å². The average molecular weight is 337 g/mol. The van der Waals surface area contributed by atoms with Crippen LogP contribution in [0.1, 0.15) is 12.5 Å². The number of nitrogens with zero attached hydrogens (tertiary/aromatic N) is 3. The smallest absolute Gasteiger partial charge is 0.254 e. The van der Waals surface area contributed by atoms with E-state index in [0.717, 1.165) is 5.56 Å². The van der Waals surface area contributed by atoms with Gasteiger partial charge in [-0.15, -0.1) is 0 Å². The van der Waals surface area contributed by atoms with Crippen molar-refractivity contribution in [2.75, 3.05) is 6.54 Å². The predicted octanol–water partition coefficient (Wildman–Crippen LogP) is 2.55. The Kier molecular flexibility index (Phi) is 5.09. The second kappa shape index (κ2) is 7.61. The topological polar surface area (TPSA) is 68.3 Å². The summed E-state index contributed by atoms with van der Waals surface area (Å²) < 4.78 is 6.54. The third kappa shape index (κ3) is 4.03. The van der Waals surface area contributed by atoms with E-state index >= 15 is 0 Å². The summed E-state index contributed by atoms with van der Waals surface area (Å²) in [5, 5.41) is 0. The van der Waals surface area contributed by atoms with E-state index < -0.39 is 0 Å². The van der Waals surface area contributed by atoms with Crippen LogP contribution in [-0.2, 0) is 17.9 Å². The molecule has 0 saturated carbocycles. The lowest BCUT2D eigenvalue weighted by molar-refractivity contribution is -0.132. The van der Waals surface area contributed by atoms with Gasteiger partial charge in [0.15, 0.2) is 5.76 Å². The van der Waals surface area contributed by atoms with Gasteiger partial charge in [-0.1, -0.05) is 30.3 Å². The lowest BCUT2D eigenvalue weighted by Gasteiger charge is -2.21. The van der Waals surface area contributed by atoms with E-state index in [2.05, 4.69) is 4.98 Å². The number of furan rings is 1. The summed E-state index contributed by atoms with van der Waals surface area (Å²) in [7, 11) is 0. The van der Waals surface area contributed by atoms with Gasteiger partial charge in [0, 0.05) is 19.2 Å². The minimum Gasteiger partial charge on any atom is -0.463 e. The molecule has 2 heterocycles. The zero-order valence-corrected chi connectivity index (χ0v) is 14.0. The first-order valence-corrected chi connectivity index (χ1v) is 8.09. The summed E-state index contributed by atoms with van der Waals surface area (Å²) in [5.41, 5.74) is 1.22. The molecule has 0 atom stereocenters. The van der Waals surface area contributed by atoms with Crippen LogP contribution in [0.25, 0.3) is 11.5 Å². The minimum atomic E-state index is -0.287. The third-order valence-electron chi connectivity index (χ3n) is 3.91. The number of aromatic nitrogens is 2. The Labute approximate surface area is 145 Å². The van der Waals surface area contributed by atoms with Crippen LogP contribution >= 0.6 is 0 Å². The molecular weight excluding hydrogens is 318 g/mol. The molecule has 6 heteroatoms. The third-order valence-corrected chi connectivity index (χ3v) is 3.91. The van der Waals surface area contributed by atoms with Crippen molar-refractivity contribution in [3.63, 3.8) is 0 Å².